The zero-order valence-corrected chi connectivity index (χ0v) is 17.0. The van der Waals surface area contributed by atoms with Crippen molar-refractivity contribution in [3.63, 3.8) is 0 Å². The Morgan fingerprint density at radius 3 is 2.57 bits per heavy atom. The number of aromatic nitrogens is 6. The van der Waals surface area contributed by atoms with E-state index in [0.717, 1.165) is 31.1 Å². The van der Waals surface area contributed by atoms with Crippen LogP contribution in [0.25, 0.3) is 11.0 Å². The van der Waals surface area contributed by atoms with E-state index in [1.165, 1.54) is 4.57 Å². The number of aryl methyl sites for hydroxylation is 1. The van der Waals surface area contributed by atoms with E-state index in [1.807, 2.05) is 6.07 Å². The molecule has 0 atom stereocenters. The monoisotopic (exact) mass is 382 g/mol. The van der Waals surface area contributed by atoms with E-state index < -0.39 is 0 Å². The second kappa shape index (κ2) is 6.57. The van der Waals surface area contributed by atoms with Crippen molar-refractivity contribution in [2.75, 3.05) is 29.9 Å². The predicted octanol–water partition coefficient (Wildman–Crippen LogP) is 1.30. The quantitative estimate of drug-likeness (QED) is 0.727. The van der Waals surface area contributed by atoms with E-state index in [1.54, 1.807) is 25.0 Å². The van der Waals surface area contributed by atoms with Crippen molar-refractivity contribution in [2.45, 2.75) is 26.2 Å². The van der Waals surface area contributed by atoms with Crippen molar-refractivity contribution in [1.82, 2.24) is 29.5 Å². The summed E-state index contributed by atoms with van der Waals surface area (Å²) in [5.41, 5.74) is 1.37. The number of hydrogen-bond donors (Lipinski definition) is 1. The van der Waals surface area contributed by atoms with Gasteiger partial charge in [0.25, 0.3) is 5.56 Å². The minimum absolute atomic E-state index is 0.00455. The molecular formula is C19H26N8O. The van der Waals surface area contributed by atoms with Crippen molar-refractivity contribution >= 4 is 22.8 Å². The fourth-order valence-electron chi connectivity index (χ4n) is 3.34. The Kier molecular flexibility index (Phi) is 4.32. The Balaban J connectivity index is 1.37. The van der Waals surface area contributed by atoms with E-state index in [4.69, 9.17) is 0 Å². The van der Waals surface area contributed by atoms with Crippen molar-refractivity contribution in [1.29, 1.82) is 0 Å². The molecule has 1 fully saturated rings. The Morgan fingerprint density at radius 2 is 1.93 bits per heavy atom. The van der Waals surface area contributed by atoms with Crippen molar-refractivity contribution in [2.24, 2.45) is 20.0 Å². The smallest absolute Gasteiger partial charge is 0.265 e. The number of anilines is 2. The number of rotatable bonds is 4. The van der Waals surface area contributed by atoms with Gasteiger partial charge in [-0.25, -0.2) is 0 Å². The zero-order chi connectivity index (χ0) is 20.1. The fourth-order valence-corrected chi connectivity index (χ4v) is 3.34. The Labute approximate surface area is 163 Å². The molecule has 9 nitrogen and oxygen atoms in total. The molecule has 3 aromatic heterocycles. The van der Waals surface area contributed by atoms with E-state index in [2.05, 4.69) is 57.3 Å². The molecule has 28 heavy (non-hydrogen) atoms. The normalized spacial score (nSPS) is 15.1. The van der Waals surface area contributed by atoms with Crippen LogP contribution in [0.15, 0.2) is 23.1 Å². The largest absolute Gasteiger partial charge is 0.355 e. The fraction of sp³-hybridized carbons (Fsp3) is 0.526. The van der Waals surface area contributed by atoms with Crippen LogP contribution in [-0.4, -0.2) is 49.2 Å². The molecule has 0 unspecified atom stereocenters. The minimum atomic E-state index is -0.0925. The summed E-state index contributed by atoms with van der Waals surface area (Å²) in [6.45, 7) is 8.93. The van der Waals surface area contributed by atoms with Crippen molar-refractivity contribution in [3.05, 3.63) is 34.4 Å². The molecule has 0 aromatic carbocycles. The first-order valence-corrected chi connectivity index (χ1v) is 9.46. The summed E-state index contributed by atoms with van der Waals surface area (Å²) in [5, 5.41) is 16.8. The van der Waals surface area contributed by atoms with Crippen LogP contribution < -0.4 is 15.8 Å². The molecule has 9 heteroatoms. The Hall–Kier alpha value is -2.97. The third kappa shape index (κ3) is 3.32. The predicted molar refractivity (Wildman–Crippen MR) is 109 cm³/mol. The van der Waals surface area contributed by atoms with Gasteiger partial charge in [-0.3, -0.25) is 14.0 Å². The zero-order valence-electron chi connectivity index (χ0n) is 17.0. The molecule has 0 radical (unpaired) electrons. The third-order valence-corrected chi connectivity index (χ3v) is 5.12. The SMILES string of the molecule is Cn1cc2c(=O)n(C)c(NCC3CN(c4ccc(C(C)(C)C)nn4)C3)nc2n1. The molecule has 0 amide bonds. The van der Waals surface area contributed by atoms with Crippen molar-refractivity contribution in [3.8, 4) is 0 Å². The summed E-state index contributed by atoms with van der Waals surface area (Å²) in [4.78, 5) is 19.1. The third-order valence-electron chi connectivity index (χ3n) is 5.12. The second-order valence-corrected chi connectivity index (χ2v) is 8.52. The number of hydrogen-bond acceptors (Lipinski definition) is 7. The molecule has 1 aliphatic heterocycles. The molecule has 4 rings (SSSR count). The van der Waals surface area contributed by atoms with Crippen LogP contribution in [0.2, 0.25) is 0 Å². The Bertz CT molecular complexity index is 1050. The summed E-state index contributed by atoms with van der Waals surface area (Å²) < 4.78 is 3.15. The highest BCUT2D eigenvalue weighted by Crippen LogP contribution is 2.25. The van der Waals surface area contributed by atoms with Gasteiger partial charge >= 0.3 is 0 Å². The van der Waals surface area contributed by atoms with Gasteiger partial charge in [0, 0.05) is 51.3 Å². The summed E-state index contributed by atoms with van der Waals surface area (Å²) in [5.74, 6) is 1.91. The van der Waals surface area contributed by atoms with Crippen molar-refractivity contribution < 1.29 is 0 Å². The topological polar surface area (TPSA) is 93.8 Å². The average Bonchev–Trinajstić information content (AvgIpc) is 2.98. The van der Waals surface area contributed by atoms with Gasteiger partial charge in [0.2, 0.25) is 5.95 Å². The lowest BCUT2D eigenvalue weighted by Gasteiger charge is -2.40. The van der Waals surface area contributed by atoms with Gasteiger partial charge in [0.05, 0.1) is 5.69 Å². The maximum atomic E-state index is 12.4. The first kappa shape index (κ1) is 18.4. The van der Waals surface area contributed by atoms with E-state index in [-0.39, 0.29) is 11.0 Å². The maximum absolute atomic E-state index is 12.4. The lowest BCUT2D eigenvalue weighted by molar-refractivity contribution is 0.423. The molecular weight excluding hydrogens is 356 g/mol. The van der Waals surface area contributed by atoms with Crippen LogP contribution in [0.3, 0.4) is 0 Å². The van der Waals surface area contributed by atoms with Crippen LogP contribution >= 0.6 is 0 Å². The van der Waals surface area contributed by atoms with Gasteiger partial charge in [0.1, 0.15) is 5.39 Å². The first-order chi connectivity index (χ1) is 13.2. The lowest BCUT2D eigenvalue weighted by atomic mass is 9.92. The van der Waals surface area contributed by atoms with Crippen LogP contribution in [-0.2, 0) is 19.5 Å². The maximum Gasteiger partial charge on any atom is 0.265 e. The summed E-state index contributed by atoms with van der Waals surface area (Å²) in [6.07, 6.45) is 1.70. The van der Waals surface area contributed by atoms with Crippen LogP contribution in [0.5, 0.6) is 0 Å². The highest BCUT2D eigenvalue weighted by atomic mass is 16.1. The highest BCUT2D eigenvalue weighted by Gasteiger charge is 2.28. The van der Waals surface area contributed by atoms with Gasteiger partial charge in [-0.05, 0) is 12.1 Å². The molecule has 3 aromatic rings. The van der Waals surface area contributed by atoms with Crippen LogP contribution in [0.4, 0.5) is 11.8 Å². The molecule has 1 aliphatic rings. The summed E-state index contributed by atoms with van der Waals surface area (Å²) >= 11 is 0. The van der Waals surface area contributed by atoms with E-state index in [0.29, 0.717) is 22.9 Å². The van der Waals surface area contributed by atoms with Gasteiger partial charge in [0.15, 0.2) is 11.5 Å². The number of nitrogens with one attached hydrogen (secondary N) is 1. The van der Waals surface area contributed by atoms with Crippen LogP contribution in [0.1, 0.15) is 26.5 Å². The molecule has 0 spiro atoms. The molecule has 0 bridgehead atoms. The van der Waals surface area contributed by atoms with Gasteiger partial charge in [-0.15, -0.1) is 5.10 Å². The molecule has 148 valence electrons. The number of nitrogens with zero attached hydrogens (tertiary/aromatic N) is 7. The van der Waals surface area contributed by atoms with Gasteiger partial charge < -0.3 is 10.2 Å². The van der Waals surface area contributed by atoms with E-state index in [9.17, 15) is 4.79 Å². The standard InChI is InChI=1S/C19H26N8O/c1-19(2,3)14-6-7-15(23-22-14)27-9-12(10-27)8-20-18-21-16-13(11-25(4)24-16)17(28)26(18)5/h6-7,11-12H,8-10H2,1-5H3,(H,20,21,24). The molecule has 0 aliphatic carbocycles. The molecule has 0 saturated carbocycles. The molecule has 1 saturated heterocycles. The molecule has 4 heterocycles. The van der Waals surface area contributed by atoms with Crippen LogP contribution in [0, 0.1) is 5.92 Å². The van der Waals surface area contributed by atoms with Gasteiger partial charge in [-0.2, -0.15) is 15.2 Å². The van der Waals surface area contributed by atoms with E-state index >= 15 is 0 Å². The minimum Gasteiger partial charge on any atom is -0.355 e. The first-order valence-electron chi connectivity index (χ1n) is 9.46. The van der Waals surface area contributed by atoms with Gasteiger partial charge in [-0.1, -0.05) is 20.8 Å². The highest BCUT2D eigenvalue weighted by molar-refractivity contribution is 5.74. The summed E-state index contributed by atoms with van der Waals surface area (Å²) in [6, 6.07) is 4.09. The number of fused-ring (bicyclic) bond motifs is 1. The lowest BCUT2D eigenvalue weighted by Crippen LogP contribution is -2.50. The second-order valence-electron chi connectivity index (χ2n) is 8.52. The average molecular weight is 382 g/mol. The summed E-state index contributed by atoms with van der Waals surface area (Å²) in [7, 11) is 3.51. The molecule has 1 N–H and O–H groups in total. The Morgan fingerprint density at radius 1 is 1.18 bits per heavy atom.